The highest BCUT2D eigenvalue weighted by molar-refractivity contribution is 5.89. The Morgan fingerprint density at radius 1 is 0.781 bits per heavy atom. The minimum atomic E-state index is -0.595. The van der Waals surface area contributed by atoms with Gasteiger partial charge < -0.3 is 10.2 Å². The van der Waals surface area contributed by atoms with E-state index in [1.165, 1.54) is 0 Å². The first kappa shape index (κ1) is 23.3. The number of rotatable bonds is 10. The van der Waals surface area contributed by atoms with Crippen LogP contribution in [0.25, 0.3) is 0 Å². The van der Waals surface area contributed by atoms with Crippen molar-refractivity contribution in [3.8, 4) is 0 Å². The van der Waals surface area contributed by atoms with Gasteiger partial charge in [-0.25, -0.2) is 0 Å². The zero-order valence-electron chi connectivity index (χ0n) is 18.9. The van der Waals surface area contributed by atoms with E-state index < -0.39 is 6.04 Å². The Kier molecular flexibility index (Phi) is 8.61. The maximum absolute atomic E-state index is 13.6. The van der Waals surface area contributed by atoms with Crippen molar-refractivity contribution in [3.05, 3.63) is 108 Å². The van der Waals surface area contributed by atoms with Crippen molar-refractivity contribution in [2.75, 3.05) is 0 Å². The topological polar surface area (TPSA) is 49.4 Å². The average molecular weight is 429 g/mol. The first-order valence-corrected chi connectivity index (χ1v) is 11.3. The van der Waals surface area contributed by atoms with Crippen LogP contribution in [-0.4, -0.2) is 28.8 Å². The molecule has 0 radical (unpaired) electrons. The summed E-state index contributed by atoms with van der Waals surface area (Å²) in [5.41, 5.74) is 2.97. The quantitative estimate of drug-likeness (QED) is 0.505. The van der Waals surface area contributed by atoms with Gasteiger partial charge in [-0.15, -0.1) is 0 Å². The normalized spacial score (nSPS) is 12.6. The Balaban J connectivity index is 1.93. The molecule has 2 unspecified atom stereocenters. The number of carbonyl (C=O) groups is 2. The molecule has 0 aliphatic carbocycles. The molecule has 0 spiro atoms. The molecule has 4 heteroatoms. The number of carbonyl (C=O) groups excluding carboxylic acids is 2. The third-order valence-corrected chi connectivity index (χ3v) is 5.67. The average Bonchev–Trinajstić information content (AvgIpc) is 2.83. The molecular weight excluding hydrogens is 396 g/mol. The minimum Gasteiger partial charge on any atom is -0.352 e. The molecule has 0 aliphatic heterocycles. The van der Waals surface area contributed by atoms with Gasteiger partial charge in [0.15, 0.2) is 0 Å². The highest BCUT2D eigenvalue weighted by atomic mass is 16.2. The number of benzene rings is 3. The summed E-state index contributed by atoms with van der Waals surface area (Å²) < 4.78 is 0. The van der Waals surface area contributed by atoms with E-state index in [1.54, 1.807) is 4.90 Å². The van der Waals surface area contributed by atoms with Crippen molar-refractivity contribution in [2.24, 2.45) is 0 Å². The summed E-state index contributed by atoms with van der Waals surface area (Å²) in [4.78, 5) is 28.7. The standard InChI is InChI=1S/C28H32N2O2/c1-3-22(2)29-28(32)26(19-23-13-7-4-8-14-23)30(21-25-17-11-6-12-18-25)27(31)20-24-15-9-5-10-16-24/h4-18,22,26H,3,19-21H2,1-2H3,(H,29,32). The van der Waals surface area contributed by atoms with Crippen LogP contribution in [0.1, 0.15) is 37.0 Å². The second-order valence-corrected chi connectivity index (χ2v) is 8.19. The molecule has 32 heavy (non-hydrogen) atoms. The zero-order chi connectivity index (χ0) is 22.8. The Morgan fingerprint density at radius 2 is 1.28 bits per heavy atom. The van der Waals surface area contributed by atoms with Crippen molar-refractivity contribution in [3.63, 3.8) is 0 Å². The minimum absolute atomic E-state index is 0.0450. The van der Waals surface area contributed by atoms with E-state index >= 15 is 0 Å². The number of hydrogen-bond acceptors (Lipinski definition) is 2. The van der Waals surface area contributed by atoms with E-state index in [9.17, 15) is 9.59 Å². The van der Waals surface area contributed by atoms with Gasteiger partial charge in [-0.3, -0.25) is 9.59 Å². The molecule has 0 aromatic heterocycles. The van der Waals surface area contributed by atoms with E-state index in [0.717, 1.165) is 23.1 Å². The second kappa shape index (κ2) is 11.8. The lowest BCUT2D eigenvalue weighted by Crippen LogP contribution is -2.52. The van der Waals surface area contributed by atoms with E-state index in [2.05, 4.69) is 5.32 Å². The molecule has 0 fully saturated rings. The van der Waals surface area contributed by atoms with Crippen molar-refractivity contribution >= 4 is 11.8 Å². The summed E-state index contributed by atoms with van der Waals surface area (Å²) in [5.74, 6) is -0.166. The van der Waals surface area contributed by atoms with Gasteiger partial charge in [-0.05, 0) is 30.0 Å². The smallest absolute Gasteiger partial charge is 0.243 e. The first-order chi connectivity index (χ1) is 15.6. The van der Waals surface area contributed by atoms with Gasteiger partial charge in [0.1, 0.15) is 6.04 Å². The first-order valence-electron chi connectivity index (χ1n) is 11.3. The largest absolute Gasteiger partial charge is 0.352 e. The van der Waals surface area contributed by atoms with Crippen LogP contribution < -0.4 is 5.32 Å². The number of hydrogen-bond donors (Lipinski definition) is 1. The van der Waals surface area contributed by atoms with Gasteiger partial charge in [0.2, 0.25) is 11.8 Å². The van der Waals surface area contributed by atoms with Crippen molar-refractivity contribution in [1.29, 1.82) is 0 Å². The number of nitrogens with one attached hydrogen (secondary N) is 1. The van der Waals surface area contributed by atoms with Crippen molar-refractivity contribution < 1.29 is 9.59 Å². The van der Waals surface area contributed by atoms with Crippen LogP contribution in [0.2, 0.25) is 0 Å². The molecule has 3 aromatic rings. The molecule has 166 valence electrons. The molecule has 0 saturated carbocycles. The molecule has 0 heterocycles. The monoisotopic (exact) mass is 428 g/mol. The highest BCUT2D eigenvalue weighted by Crippen LogP contribution is 2.17. The molecule has 0 bridgehead atoms. The summed E-state index contributed by atoms with van der Waals surface area (Å²) in [7, 11) is 0. The Morgan fingerprint density at radius 3 is 1.81 bits per heavy atom. The summed E-state index contributed by atoms with van der Waals surface area (Å²) in [6.45, 7) is 4.42. The molecule has 4 nitrogen and oxygen atoms in total. The number of nitrogens with zero attached hydrogens (tertiary/aromatic N) is 1. The van der Waals surface area contributed by atoms with Gasteiger partial charge in [0.25, 0.3) is 0 Å². The lowest BCUT2D eigenvalue weighted by molar-refractivity contribution is -0.141. The van der Waals surface area contributed by atoms with Crippen LogP contribution in [0, 0.1) is 0 Å². The predicted octanol–water partition coefficient (Wildman–Crippen LogP) is 4.78. The highest BCUT2D eigenvalue weighted by Gasteiger charge is 2.30. The SMILES string of the molecule is CCC(C)NC(=O)C(Cc1ccccc1)N(Cc1ccccc1)C(=O)Cc1ccccc1. The molecule has 3 rings (SSSR count). The lowest BCUT2D eigenvalue weighted by atomic mass is 10.0. The zero-order valence-corrected chi connectivity index (χ0v) is 18.9. The lowest BCUT2D eigenvalue weighted by Gasteiger charge is -2.32. The van der Waals surface area contributed by atoms with E-state index in [1.807, 2.05) is 105 Å². The second-order valence-electron chi connectivity index (χ2n) is 8.19. The van der Waals surface area contributed by atoms with Gasteiger partial charge in [-0.1, -0.05) is 97.9 Å². The third-order valence-electron chi connectivity index (χ3n) is 5.67. The fourth-order valence-corrected chi connectivity index (χ4v) is 3.65. The summed E-state index contributed by atoms with van der Waals surface area (Å²) in [5, 5.41) is 3.10. The van der Waals surface area contributed by atoms with Crippen molar-refractivity contribution in [1.82, 2.24) is 10.2 Å². The fraction of sp³-hybridized carbons (Fsp3) is 0.286. The molecule has 3 aromatic carbocycles. The van der Waals surface area contributed by atoms with E-state index in [-0.39, 0.29) is 24.3 Å². The molecule has 2 amide bonds. The van der Waals surface area contributed by atoms with E-state index in [4.69, 9.17) is 0 Å². The van der Waals surface area contributed by atoms with Crippen LogP contribution in [0.4, 0.5) is 0 Å². The van der Waals surface area contributed by atoms with Crippen LogP contribution >= 0.6 is 0 Å². The van der Waals surface area contributed by atoms with E-state index in [0.29, 0.717) is 13.0 Å². The predicted molar refractivity (Wildman–Crippen MR) is 129 cm³/mol. The van der Waals surface area contributed by atoms with Crippen molar-refractivity contribution in [2.45, 2.75) is 51.7 Å². The fourth-order valence-electron chi connectivity index (χ4n) is 3.65. The molecule has 0 saturated heterocycles. The summed E-state index contributed by atoms with van der Waals surface area (Å²) >= 11 is 0. The van der Waals surface area contributed by atoms with Crippen LogP contribution in [0.5, 0.6) is 0 Å². The Bertz CT molecular complexity index is 974. The third kappa shape index (κ3) is 6.81. The Labute approximate surface area is 191 Å². The van der Waals surface area contributed by atoms with Crippen LogP contribution in [0.3, 0.4) is 0 Å². The van der Waals surface area contributed by atoms with Gasteiger partial charge in [0, 0.05) is 19.0 Å². The Hall–Kier alpha value is -3.40. The summed E-state index contributed by atoms with van der Waals surface area (Å²) in [6.07, 6.45) is 1.56. The summed E-state index contributed by atoms with van der Waals surface area (Å²) in [6, 6.07) is 28.9. The number of amides is 2. The van der Waals surface area contributed by atoms with Gasteiger partial charge in [0.05, 0.1) is 6.42 Å². The van der Waals surface area contributed by atoms with Crippen LogP contribution in [0.15, 0.2) is 91.0 Å². The van der Waals surface area contributed by atoms with Gasteiger partial charge in [-0.2, -0.15) is 0 Å². The maximum Gasteiger partial charge on any atom is 0.243 e. The van der Waals surface area contributed by atoms with Crippen LogP contribution in [-0.2, 0) is 29.0 Å². The molecule has 2 atom stereocenters. The molecular formula is C28H32N2O2. The van der Waals surface area contributed by atoms with Gasteiger partial charge >= 0.3 is 0 Å². The maximum atomic E-state index is 13.6. The molecule has 0 aliphatic rings. The molecule has 1 N–H and O–H groups in total.